The minimum Gasteiger partial charge on any atom is -0.375 e. The third-order valence-corrected chi connectivity index (χ3v) is 3.52. The standard InChI is InChI=1S/C16H18N2O2/c1-13-12-18(9-10-20-13)16(19)14-5-4-6-15(11-14)17-7-2-3-8-17/h2-8,11,13H,9-10,12H2,1H3/t13-/m1/s1. The van der Waals surface area contributed by atoms with Crippen molar-refractivity contribution in [2.24, 2.45) is 0 Å². The van der Waals surface area contributed by atoms with E-state index in [1.807, 2.05) is 65.2 Å². The first-order chi connectivity index (χ1) is 9.74. The average Bonchev–Trinajstić information content (AvgIpc) is 3.01. The Morgan fingerprint density at radius 3 is 2.80 bits per heavy atom. The van der Waals surface area contributed by atoms with Gasteiger partial charge in [-0.05, 0) is 37.3 Å². The summed E-state index contributed by atoms with van der Waals surface area (Å²) in [5.74, 6) is 0.0779. The van der Waals surface area contributed by atoms with Crippen molar-refractivity contribution in [1.29, 1.82) is 0 Å². The molecule has 0 saturated carbocycles. The van der Waals surface area contributed by atoms with E-state index in [1.54, 1.807) is 0 Å². The van der Waals surface area contributed by atoms with Crippen molar-refractivity contribution in [2.75, 3.05) is 19.7 Å². The molecule has 1 aromatic carbocycles. The van der Waals surface area contributed by atoms with Crippen LogP contribution in [-0.4, -0.2) is 41.2 Å². The van der Waals surface area contributed by atoms with Crippen LogP contribution in [0.15, 0.2) is 48.8 Å². The van der Waals surface area contributed by atoms with Gasteiger partial charge in [0.15, 0.2) is 0 Å². The highest BCUT2D eigenvalue weighted by atomic mass is 16.5. The van der Waals surface area contributed by atoms with Crippen molar-refractivity contribution in [3.63, 3.8) is 0 Å². The topological polar surface area (TPSA) is 34.5 Å². The smallest absolute Gasteiger partial charge is 0.254 e. The molecular weight excluding hydrogens is 252 g/mol. The lowest BCUT2D eigenvalue weighted by molar-refractivity contribution is -0.0124. The fourth-order valence-electron chi connectivity index (χ4n) is 2.49. The summed E-state index contributed by atoms with van der Waals surface area (Å²) in [6, 6.07) is 11.7. The summed E-state index contributed by atoms with van der Waals surface area (Å²) in [5.41, 5.74) is 1.73. The number of benzene rings is 1. The number of ether oxygens (including phenoxy) is 1. The Bertz CT molecular complexity index is 592. The number of morpholine rings is 1. The molecule has 0 unspecified atom stereocenters. The van der Waals surface area contributed by atoms with Crippen LogP contribution in [-0.2, 0) is 4.74 Å². The molecule has 0 aliphatic carbocycles. The molecule has 3 rings (SSSR count). The minimum absolute atomic E-state index is 0.0779. The first-order valence-electron chi connectivity index (χ1n) is 6.88. The summed E-state index contributed by atoms with van der Waals surface area (Å²) in [7, 11) is 0. The molecule has 0 N–H and O–H groups in total. The van der Waals surface area contributed by atoms with Gasteiger partial charge in [0.05, 0.1) is 12.7 Å². The highest BCUT2D eigenvalue weighted by Crippen LogP contribution is 2.15. The fourth-order valence-corrected chi connectivity index (χ4v) is 2.49. The molecule has 20 heavy (non-hydrogen) atoms. The van der Waals surface area contributed by atoms with E-state index in [2.05, 4.69) is 0 Å². The maximum absolute atomic E-state index is 12.5. The van der Waals surface area contributed by atoms with Gasteiger partial charge >= 0.3 is 0 Å². The number of rotatable bonds is 2. The Hall–Kier alpha value is -2.07. The zero-order chi connectivity index (χ0) is 13.9. The van der Waals surface area contributed by atoms with Crippen LogP contribution >= 0.6 is 0 Å². The Morgan fingerprint density at radius 2 is 2.05 bits per heavy atom. The quantitative estimate of drug-likeness (QED) is 0.839. The van der Waals surface area contributed by atoms with Crippen molar-refractivity contribution < 1.29 is 9.53 Å². The van der Waals surface area contributed by atoms with Gasteiger partial charge in [-0.2, -0.15) is 0 Å². The van der Waals surface area contributed by atoms with Gasteiger partial charge in [0.2, 0.25) is 0 Å². The summed E-state index contributed by atoms with van der Waals surface area (Å²) in [6.45, 7) is 3.93. The largest absolute Gasteiger partial charge is 0.375 e. The highest BCUT2D eigenvalue weighted by Gasteiger charge is 2.22. The molecular formula is C16H18N2O2. The van der Waals surface area contributed by atoms with Gasteiger partial charge in [0, 0.05) is 36.7 Å². The lowest BCUT2D eigenvalue weighted by Gasteiger charge is -2.31. The highest BCUT2D eigenvalue weighted by molar-refractivity contribution is 5.94. The summed E-state index contributed by atoms with van der Waals surface area (Å²) < 4.78 is 7.48. The van der Waals surface area contributed by atoms with Gasteiger partial charge in [-0.15, -0.1) is 0 Å². The molecule has 2 heterocycles. The zero-order valence-electron chi connectivity index (χ0n) is 11.5. The van der Waals surface area contributed by atoms with Crippen LogP contribution in [0, 0.1) is 0 Å². The number of carbonyl (C=O) groups is 1. The van der Waals surface area contributed by atoms with Gasteiger partial charge < -0.3 is 14.2 Å². The number of nitrogens with zero attached hydrogens (tertiary/aromatic N) is 2. The molecule has 1 saturated heterocycles. The molecule has 1 aliphatic rings. The van der Waals surface area contributed by atoms with Gasteiger partial charge in [-0.3, -0.25) is 4.79 Å². The van der Waals surface area contributed by atoms with Crippen molar-refractivity contribution in [1.82, 2.24) is 9.47 Å². The second kappa shape index (κ2) is 5.51. The first kappa shape index (κ1) is 12.9. The van der Waals surface area contributed by atoms with E-state index in [9.17, 15) is 4.79 Å². The van der Waals surface area contributed by atoms with Gasteiger partial charge in [-0.25, -0.2) is 0 Å². The maximum Gasteiger partial charge on any atom is 0.254 e. The number of carbonyl (C=O) groups excluding carboxylic acids is 1. The molecule has 1 atom stereocenters. The van der Waals surface area contributed by atoms with E-state index in [1.165, 1.54) is 0 Å². The summed E-state index contributed by atoms with van der Waals surface area (Å²) in [5, 5.41) is 0. The molecule has 1 aromatic heterocycles. The van der Waals surface area contributed by atoms with Crippen LogP contribution in [0.4, 0.5) is 0 Å². The third-order valence-electron chi connectivity index (χ3n) is 3.52. The Morgan fingerprint density at radius 1 is 1.25 bits per heavy atom. The monoisotopic (exact) mass is 270 g/mol. The number of hydrogen-bond acceptors (Lipinski definition) is 2. The Labute approximate surface area is 118 Å². The second-order valence-corrected chi connectivity index (χ2v) is 5.07. The molecule has 0 spiro atoms. The fraction of sp³-hybridized carbons (Fsp3) is 0.312. The predicted octanol–water partition coefficient (Wildman–Crippen LogP) is 2.34. The first-order valence-corrected chi connectivity index (χ1v) is 6.88. The van der Waals surface area contributed by atoms with Gasteiger partial charge in [0.25, 0.3) is 5.91 Å². The third kappa shape index (κ3) is 2.60. The second-order valence-electron chi connectivity index (χ2n) is 5.07. The van der Waals surface area contributed by atoms with Crippen molar-refractivity contribution in [2.45, 2.75) is 13.0 Å². The molecule has 1 fully saturated rings. The van der Waals surface area contributed by atoms with E-state index in [0.717, 1.165) is 11.3 Å². The SMILES string of the molecule is C[C@@H]1CN(C(=O)c2cccc(-n3cccc3)c2)CCO1. The number of aromatic nitrogens is 1. The van der Waals surface area contributed by atoms with Crippen LogP contribution < -0.4 is 0 Å². The van der Waals surface area contributed by atoms with E-state index in [0.29, 0.717) is 19.7 Å². The van der Waals surface area contributed by atoms with E-state index in [4.69, 9.17) is 4.74 Å². The summed E-state index contributed by atoms with van der Waals surface area (Å²) >= 11 is 0. The normalized spacial score (nSPS) is 19.1. The lowest BCUT2D eigenvalue weighted by Crippen LogP contribution is -2.44. The van der Waals surface area contributed by atoms with Crippen LogP contribution in [0.1, 0.15) is 17.3 Å². The van der Waals surface area contributed by atoms with Crippen LogP contribution in [0.5, 0.6) is 0 Å². The van der Waals surface area contributed by atoms with E-state index in [-0.39, 0.29) is 12.0 Å². The van der Waals surface area contributed by atoms with Crippen LogP contribution in [0.3, 0.4) is 0 Å². The van der Waals surface area contributed by atoms with Gasteiger partial charge in [0.1, 0.15) is 0 Å². The Balaban J connectivity index is 1.83. The molecule has 2 aromatic rings. The van der Waals surface area contributed by atoms with Crippen molar-refractivity contribution >= 4 is 5.91 Å². The lowest BCUT2D eigenvalue weighted by atomic mass is 10.1. The summed E-state index contributed by atoms with van der Waals surface area (Å²) in [6.07, 6.45) is 4.06. The van der Waals surface area contributed by atoms with Crippen LogP contribution in [0.25, 0.3) is 5.69 Å². The van der Waals surface area contributed by atoms with Gasteiger partial charge in [-0.1, -0.05) is 6.07 Å². The molecule has 0 radical (unpaired) electrons. The van der Waals surface area contributed by atoms with Crippen molar-refractivity contribution in [3.05, 3.63) is 54.4 Å². The van der Waals surface area contributed by atoms with E-state index < -0.39 is 0 Å². The maximum atomic E-state index is 12.5. The molecule has 4 heteroatoms. The number of hydrogen-bond donors (Lipinski definition) is 0. The minimum atomic E-state index is 0.0779. The average molecular weight is 270 g/mol. The molecule has 0 bridgehead atoms. The molecule has 4 nitrogen and oxygen atoms in total. The Kier molecular flexibility index (Phi) is 3.56. The summed E-state index contributed by atoms with van der Waals surface area (Å²) in [4.78, 5) is 14.4. The number of amides is 1. The molecule has 104 valence electrons. The molecule has 1 aliphatic heterocycles. The molecule has 1 amide bonds. The van der Waals surface area contributed by atoms with E-state index >= 15 is 0 Å². The predicted molar refractivity (Wildman–Crippen MR) is 77.1 cm³/mol. The van der Waals surface area contributed by atoms with Crippen molar-refractivity contribution in [3.8, 4) is 5.69 Å². The van der Waals surface area contributed by atoms with Crippen LogP contribution in [0.2, 0.25) is 0 Å². The zero-order valence-corrected chi connectivity index (χ0v) is 11.5.